The Balaban J connectivity index is 2.11. The molecule has 2 aromatic rings. The Morgan fingerprint density at radius 2 is 0.978 bits per heavy atom. The summed E-state index contributed by atoms with van der Waals surface area (Å²) in [7, 11) is 0. The van der Waals surface area contributed by atoms with Crippen LogP contribution in [-0.2, 0) is 9.59 Å². The number of amides is 4. The molecular weight excluding hydrogens is 596 g/mol. The Bertz CT molecular complexity index is 1720. The molecule has 2 aliphatic rings. The van der Waals surface area contributed by atoms with Crippen molar-refractivity contribution in [1.82, 2.24) is 21.7 Å². The number of aromatic hydroxyl groups is 2. The number of aliphatic hydroxyl groups is 2. The second-order valence-electron chi connectivity index (χ2n) is 11.6. The van der Waals surface area contributed by atoms with E-state index in [2.05, 4.69) is 21.7 Å². The summed E-state index contributed by atoms with van der Waals surface area (Å²) in [6, 6.07) is 1.40. The molecule has 0 aromatic heterocycles. The molecule has 2 aromatic carbocycles. The van der Waals surface area contributed by atoms with Crippen LogP contribution in [0, 0.1) is 25.7 Å². The van der Waals surface area contributed by atoms with Gasteiger partial charge in [0.25, 0.3) is 0 Å². The fourth-order valence-electron chi connectivity index (χ4n) is 5.99. The fourth-order valence-corrected chi connectivity index (χ4v) is 5.99. The van der Waals surface area contributed by atoms with Crippen LogP contribution in [0.15, 0.2) is 36.1 Å². The molecule has 0 fully saturated rings. The van der Waals surface area contributed by atoms with Gasteiger partial charge in [0, 0.05) is 45.8 Å². The smallest absolute Gasteiger partial charge is 0.330 e. The zero-order valence-electron chi connectivity index (χ0n) is 26.0. The van der Waals surface area contributed by atoms with E-state index in [1.54, 1.807) is 53.7 Å². The van der Waals surface area contributed by atoms with E-state index >= 15 is 0 Å². The van der Waals surface area contributed by atoms with E-state index in [-0.39, 0.29) is 56.4 Å². The Morgan fingerprint density at radius 1 is 0.652 bits per heavy atom. The molecular formula is C32H36N6O8. The third kappa shape index (κ3) is 5.44. The number of nitrogens with one attached hydrogen (secondary N) is 4. The highest BCUT2D eigenvalue weighted by molar-refractivity contribution is 6.35. The summed E-state index contributed by atoms with van der Waals surface area (Å²) >= 11 is 0. The van der Waals surface area contributed by atoms with E-state index < -0.39 is 46.6 Å². The maximum atomic E-state index is 13.4. The normalized spacial score (nSPS) is 16.3. The SMILES string of the molecule is Cc1cc2c(c(O)c1-c1c(C)cc3c(c1O)C(=CNNC(N)=O)C(=O)C(O)=C3C(C)C)C(=CNNC(N)=O)C(=O)C(O)=C2C(C)C. The van der Waals surface area contributed by atoms with Gasteiger partial charge in [0.15, 0.2) is 11.5 Å². The van der Waals surface area contributed by atoms with Crippen LogP contribution >= 0.6 is 0 Å². The fraction of sp³-hybridized carbons (Fsp3) is 0.250. The molecule has 0 aliphatic heterocycles. The van der Waals surface area contributed by atoms with Gasteiger partial charge in [0.1, 0.15) is 11.5 Å². The topological polar surface area (TPSA) is 249 Å². The van der Waals surface area contributed by atoms with Crippen molar-refractivity contribution in [3.05, 3.63) is 69.4 Å². The number of rotatable bonds is 7. The molecule has 0 bridgehead atoms. The highest BCUT2D eigenvalue weighted by Crippen LogP contribution is 2.53. The van der Waals surface area contributed by atoms with Gasteiger partial charge in [-0.05, 0) is 47.9 Å². The van der Waals surface area contributed by atoms with Crippen LogP contribution in [0.25, 0.3) is 33.4 Å². The lowest BCUT2D eigenvalue weighted by Gasteiger charge is -2.29. The van der Waals surface area contributed by atoms with Crippen LogP contribution in [0.1, 0.15) is 61.1 Å². The Hall–Kier alpha value is -5.92. The minimum absolute atomic E-state index is 0.0157. The average molecular weight is 633 g/mol. The average Bonchev–Trinajstić information content (AvgIpc) is 2.94. The van der Waals surface area contributed by atoms with Crippen molar-refractivity contribution in [1.29, 1.82) is 0 Å². The van der Waals surface area contributed by atoms with Gasteiger partial charge in [-0.1, -0.05) is 39.8 Å². The molecule has 0 saturated carbocycles. The number of hydrogen-bond donors (Lipinski definition) is 10. The van der Waals surface area contributed by atoms with E-state index in [0.29, 0.717) is 22.3 Å². The van der Waals surface area contributed by atoms with E-state index in [1.165, 1.54) is 0 Å². The molecule has 4 amide bonds. The molecule has 0 atom stereocenters. The van der Waals surface area contributed by atoms with Crippen molar-refractivity contribution in [3.63, 3.8) is 0 Å². The molecule has 0 radical (unpaired) electrons. The van der Waals surface area contributed by atoms with Crippen LogP contribution in [0.4, 0.5) is 9.59 Å². The first kappa shape index (κ1) is 33.0. The van der Waals surface area contributed by atoms with Crippen molar-refractivity contribution in [3.8, 4) is 22.6 Å². The minimum atomic E-state index is -0.953. The van der Waals surface area contributed by atoms with Gasteiger partial charge >= 0.3 is 12.1 Å². The lowest BCUT2D eigenvalue weighted by Crippen LogP contribution is -2.38. The zero-order chi connectivity index (χ0) is 34.4. The number of nitrogens with two attached hydrogens (primary N) is 2. The van der Waals surface area contributed by atoms with E-state index in [1.807, 2.05) is 0 Å². The summed E-state index contributed by atoms with van der Waals surface area (Å²) in [5, 5.41) is 45.7. The number of aryl methyl sites for hydroxylation is 2. The minimum Gasteiger partial charge on any atom is -0.507 e. The zero-order valence-corrected chi connectivity index (χ0v) is 26.0. The second kappa shape index (κ2) is 12.2. The Labute approximate surface area is 264 Å². The molecule has 0 saturated heterocycles. The number of phenols is 2. The first-order valence-corrected chi connectivity index (χ1v) is 14.2. The molecule has 14 heteroatoms. The quantitative estimate of drug-likeness (QED) is 0.157. The second-order valence-corrected chi connectivity index (χ2v) is 11.6. The summed E-state index contributed by atoms with van der Waals surface area (Å²) in [4.78, 5) is 49.4. The number of aliphatic hydroxyl groups excluding tert-OH is 2. The van der Waals surface area contributed by atoms with Crippen molar-refractivity contribution in [2.24, 2.45) is 23.3 Å². The number of urea groups is 2. The molecule has 12 N–H and O–H groups in total. The number of phenolic OH excluding ortho intramolecular Hbond substituents is 2. The van der Waals surface area contributed by atoms with Gasteiger partial charge in [-0.15, -0.1) is 0 Å². The van der Waals surface area contributed by atoms with Crippen molar-refractivity contribution in [2.45, 2.75) is 41.5 Å². The van der Waals surface area contributed by atoms with Gasteiger partial charge < -0.3 is 42.7 Å². The molecule has 14 nitrogen and oxygen atoms in total. The number of primary amides is 2. The molecule has 0 spiro atoms. The molecule has 0 unspecified atom stereocenters. The van der Waals surface area contributed by atoms with Gasteiger partial charge in [-0.25, -0.2) is 9.59 Å². The van der Waals surface area contributed by atoms with Gasteiger partial charge in [0.2, 0.25) is 11.6 Å². The van der Waals surface area contributed by atoms with Crippen LogP contribution in [0.3, 0.4) is 0 Å². The monoisotopic (exact) mass is 632 g/mol. The van der Waals surface area contributed by atoms with Crippen LogP contribution in [0.2, 0.25) is 0 Å². The number of Topliss-reactive ketones (excluding diaryl/α,β-unsaturated/α-hetero) is 2. The van der Waals surface area contributed by atoms with Crippen LogP contribution in [0.5, 0.6) is 11.5 Å². The highest BCUT2D eigenvalue weighted by atomic mass is 16.3. The number of carbonyl (C=O) groups excluding carboxylic acids is 4. The van der Waals surface area contributed by atoms with E-state index in [9.17, 15) is 39.6 Å². The maximum absolute atomic E-state index is 13.4. The standard InChI is InChI=1S/C32H36N6O8/c1-11(2)19-15-7-13(5)21(27(41)23(15)17(25(39)29(19)43)9-35-37-31(33)45)22-14(6)8-16-20(12(3)4)30(44)26(40)18(24(16)28(22)42)10-36-38-32(34)46/h7-12,35-36,41-44H,1-6H3,(H3,33,37,45)(H3,34,38,46). The highest BCUT2D eigenvalue weighted by Gasteiger charge is 2.38. The molecule has 242 valence electrons. The summed E-state index contributed by atoms with van der Waals surface area (Å²) in [5.41, 5.74) is 21.3. The number of hydrazine groups is 2. The van der Waals surface area contributed by atoms with Crippen molar-refractivity contribution >= 4 is 45.9 Å². The first-order chi connectivity index (χ1) is 21.5. The molecule has 4 rings (SSSR count). The summed E-state index contributed by atoms with van der Waals surface area (Å²) < 4.78 is 0. The lowest BCUT2D eigenvalue weighted by atomic mass is 9.75. The number of benzene rings is 2. The molecule has 0 heterocycles. The van der Waals surface area contributed by atoms with E-state index in [0.717, 1.165) is 12.4 Å². The number of ketones is 2. The number of hydrogen-bond acceptors (Lipinski definition) is 10. The number of allylic oxidation sites excluding steroid dienone is 4. The largest absolute Gasteiger partial charge is 0.507 e. The summed E-state index contributed by atoms with van der Waals surface area (Å²) in [5.74, 6) is -4.29. The van der Waals surface area contributed by atoms with Crippen molar-refractivity contribution in [2.75, 3.05) is 0 Å². The summed E-state index contributed by atoms with van der Waals surface area (Å²) in [6.45, 7) is 10.4. The molecule has 46 heavy (non-hydrogen) atoms. The maximum Gasteiger partial charge on any atom is 0.330 e. The molecule has 2 aliphatic carbocycles. The van der Waals surface area contributed by atoms with E-state index in [4.69, 9.17) is 11.5 Å². The van der Waals surface area contributed by atoms with Gasteiger partial charge in [-0.3, -0.25) is 20.4 Å². The van der Waals surface area contributed by atoms with Gasteiger partial charge in [0.05, 0.1) is 11.1 Å². The van der Waals surface area contributed by atoms with Crippen molar-refractivity contribution < 1.29 is 39.6 Å². The first-order valence-electron chi connectivity index (χ1n) is 14.2. The third-order valence-corrected chi connectivity index (χ3v) is 7.77. The van der Waals surface area contributed by atoms with Crippen LogP contribution in [-0.4, -0.2) is 44.1 Å². The lowest BCUT2D eigenvalue weighted by molar-refractivity contribution is -0.113. The summed E-state index contributed by atoms with van der Waals surface area (Å²) in [6.07, 6.45) is 2.16. The third-order valence-electron chi connectivity index (χ3n) is 7.77. The predicted octanol–water partition coefficient (Wildman–Crippen LogP) is 3.42. The number of carbonyl (C=O) groups is 4. The van der Waals surface area contributed by atoms with Crippen LogP contribution < -0.4 is 33.2 Å². The number of fused-ring (bicyclic) bond motifs is 2. The van der Waals surface area contributed by atoms with Gasteiger partial charge in [-0.2, -0.15) is 0 Å². The Kier molecular flexibility index (Phi) is 8.77. The Morgan fingerprint density at radius 3 is 1.26 bits per heavy atom. The predicted molar refractivity (Wildman–Crippen MR) is 171 cm³/mol.